The Balaban J connectivity index is 2.43. The van der Waals surface area contributed by atoms with Gasteiger partial charge in [-0.1, -0.05) is 33.1 Å². The first-order valence-electron chi connectivity index (χ1n) is 6.80. The molecule has 1 saturated carbocycles. The second-order valence-corrected chi connectivity index (χ2v) is 5.47. The van der Waals surface area contributed by atoms with Crippen molar-refractivity contribution in [3.63, 3.8) is 0 Å². The van der Waals surface area contributed by atoms with Crippen LogP contribution in [-0.4, -0.2) is 35.2 Å². The first-order valence-corrected chi connectivity index (χ1v) is 6.80. The van der Waals surface area contributed by atoms with Crippen LogP contribution in [0.25, 0.3) is 0 Å². The summed E-state index contributed by atoms with van der Waals surface area (Å²) in [6, 6.07) is -0.620. The molecule has 1 amide bonds. The zero-order chi connectivity index (χ0) is 13.5. The normalized spacial score (nSPS) is 19.0. The smallest absolute Gasteiger partial charge is 0.407 e. The molecule has 1 unspecified atom stereocenters. The van der Waals surface area contributed by atoms with Crippen LogP contribution in [-0.2, 0) is 4.74 Å². The van der Waals surface area contributed by atoms with Crippen molar-refractivity contribution in [3.8, 4) is 0 Å². The van der Waals surface area contributed by atoms with Crippen molar-refractivity contribution >= 4 is 6.09 Å². The van der Waals surface area contributed by atoms with Gasteiger partial charge in [0.25, 0.3) is 0 Å². The van der Waals surface area contributed by atoms with E-state index in [2.05, 4.69) is 5.32 Å². The van der Waals surface area contributed by atoms with E-state index in [1.165, 1.54) is 6.42 Å². The monoisotopic (exact) mass is 259 g/mol. The summed E-state index contributed by atoms with van der Waals surface area (Å²) in [5.74, 6) is 0.397. The van der Waals surface area contributed by atoms with Crippen molar-refractivity contribution in [2.75, 3.05) is 6.61 Å². The molecule has 0 heterocycles. The predicted molar refractivity (Wildman–Crippen MR) is 67.9 cm³/mol. The summed E-state index contributed by atoms with van der Waals surface area (Å²) in [4.78, 5) is 11.5. The number of aliphatic hydroxyl groups is 2. The lowest BCUT2D eigenvalue weighted by atomic mass is 9.83. The molecule has 0 aliphatic heterocycles. The molecule has 0 radical (unpaired) electrons. The Bertz CT molecular complexity index is 249. The van der Waals surface area contributed by atoms with Gasteiger partial charge in [-0.05, 0) is 24.7 Å². The number of alkyl carbamates (subject to hydrolysis) is 1. The number of carbonyl (C=O) groups excluding carboxylic acids is 1. The Morgan fingerprint density at radius 3 is 2.39 bits per heavy atom. The van der Waals surface area contributed by atoms with Crippen LogP contribution in [0.5, 0.6) is 0 Å². The van der Waals surface area contributed by atoms with Gasteiger partial charge in [0.05, 0.1) is 12.6 Å². The van der Waals surface area contributed by atoms with E-state index in [1.54, 1.807) is 0 Å². The zero-order valence-electron chi connectivity index (χ0n) is 11.3. The third-order valence-corrected chi connectivity index (χ3v) is 3.31. The summed E-state index contributed by atoms with van der Waals surface area (Å²) in [5, 5.41) is 21.3. The maximum Gasteiger partial charge on any atom is 0.407 e. The van der Waals surface area contributed by atoms with Crippen molar-refractivity contribution in [1.29, 1.82) is 0 Å². The fraction of sp³-hybridized carbons (Fsp3) is 0.923. The molecule has 0 saturated heterocycles. The highest BCUT2D eigenvalue weighted by Crippen LogP contribution is 2.27. The molecule has 0 spiro atoms. The number of rotatable bonds is 5. The second kappa shape index (κ2) is 7.59. The molecule has 1 fully saturated rings. The molecule has 0 aromatic heterocycles. The average Bonchev–Trinajstić information content (AvgIpc) is 2.34. The van der Waals surface area contributed by atoms with Crippen LogP contribution < -0.4 is 5.32 Å². The van der Waals surface area contributed by atoms with Crippen molar-refractivity contribution in [1.82, 2.24) is 5.32 Å². The molecular formula is C13H25NO4. The Hall–Kier alpha value is -0.810. The van der Waals surface area contributed by atoms with Crippen molar-refractivity contribution in [2.24, 2.45) is 11.8 Å². The maximum absolute atomic E-state index is 11.5. The number of ether oxygens (including phenoxy) is 1. The van der Waals surface area contributed by atoms with Gasteiger partial charge in [-0.3, -0.25) is 0 Å². The van der Waals surface area contributed by atoms with E-state index in [0.29, 0.717) is 6.61 Å². The van der Waals surface area contributed by atoms with Gasteiger partial charge in [0.2, 0.25) is 0 Å². The van der Waals surface area contributed by atoms with Crippen LogP contribution in [0.3, 0.4) is 0 Å². The Morgan fingerprint density at radius 1 is 1.28 bits per heavy atom. The second-order valence-electron chi connectivity index (χ2n) is 5.47. The van der Waals surface area contributed by atoms with E-state index < -0.39 is 18.4 Å². The van der Waals surface area contributed by atoms with Crippen LogP contribution in [0.15, 0.2) is 0 Å². The van der Waals surface area contributed by atoms with Crippen LogP contribution in [0.2, 0.25) is 0 Å². The molecule has 1 rings (SSSR count). The van der Waals surface area contributed by atoms with Gasteiger partial charge < -0.3 is 20.3 Å². The van der Waals surface area contributed by atoms with Crippen molar-refractivity contribution in [3.05, 3.63) is 0 Å². The van der Waals surface area contributed by atoms with E-state index in [0.717, 1.165) is 25.7 Å². The molecule has 1 aliphatic rings. The van der Waals surface area contributed by atoms with E-state index in [-0.39, 0.29) is 11.8 Å². The highest BCUT2D eigenvalue weighted by molar-refractivity contribution is 5.67. The summed E-state index contributed by atoms with van der Waals surface area (Å²) < 4.78 is 5.00. The molecule has 0 aromatic rings. The van der Waals surface area contributed by atoms with Crippen molar-refractivity contribution < 1.29 is 19.7 Å². The van der Waals surface area contributed by atoms with Crippen LogP contribution in [0, 0.1) is 11.8 Å². The van der Waals surface area contributed by atoms with E-state index in [1.807, 2.05) is 13.8 Å². The molecule has 5 heteroatoms. The number of aliphatic hydroxyl groups excluding tert-OH is 1. The van der Waals surface area contributed by atoms with Gasteiger partial charge in [0.15, 0.2) is 6.29 Å². The van der Waals surface area contributed by atoms with Gasteiger partial charge in [0, 0.05) is 0 Å². The fourth-order valence-electron chi connectivity index (χ4n) is 2.35. The summed E-state index contributed by atoms with van der Waals surface area (Å²) in [6.07, 6.45) is 3.10. The zero-order valence-corrected chi connectivity index (χ0v) is 11.3. The largest absolute Gasteiger partial charge is 0.449 e. The molecule has 5 nitrogen and oxygen atoms in total. The van der Waals surface area contributed by atoms with E-state index in [9.17, 15) is 15.0 Å². The summed E-state index contributed by atoms with van der Waals surface area (Å²) in [7, 11) is 0. The summed E-state index contributed by atoms with van der Waals surface area (Å²) >= 11 is 0. The molecule has 0 aromatic carbocycles. The summed E-state index contributed by atoms with van der Waals surface area (Å²) in [5.41, 5.74) is 0. The minimum Gasteiger partial charge on any atom is -0.449 e. The minimum atomic E-state index is -1.53. The Kier molecular flexibility index (Phi) is 6.43. The van der Waals surface area contributed by atoms with Crippen LogP contribution in [0.4, 0.5) is 4.79 Å². The van der Waals surface area contributed by atoms with Crippen molar-refractivity contribution in [2.45, 2.75) is 58.3 Å². The minimum absolute atomic E-state index is 0.130. The van der Waals surface area contributed by atoms with Gasteiger partial charge in [-0.15, -0.1) is 0 Å². The highest BCUT2D eigenvalue weighted by Gasteiger charge is 2.30. The van der Waals surface area contributed by atoms with E-state index >= 15 is 0 Å². The van der Waals surface area contributed by atoms with Crippen LogP contribution in [0.1, 0.15) is 46.0 Å². The van der Waals surface area contributed by atoms with Gasteiger partial charge in [0.1, 0.15) is 0 Å². The highest BCUT2D eigenvalue weighted by atomic mass is 16.5. The summed E-state index contributed by atoms with van der Waals surface area (Å²) in [6.45, 7) is 4.24. The first-order chi connectivity index (χ1) is 8.50. The average molecular weight is 259 g/mol. The first kappa shape index (κ1) is 15.2. The third-order valence-electron chi connectivity index (χ3n) is 3.31. The molecule has 18 heavy (non-hydrogen) atoms. The number of carbonyl (C=O) groups is 1. The standard InChI is InChI=1S/C13H25NO4/c1-9(2)8-18-13(17)14-11(12(15)16)10-6-4-3-5-7-10/h9-12,15-16H,3-8H2,1-2H3,(H,14,17). The van der Waals surface area contributed by atoms with Gasteiger partial charge in [-0.2, -0.15) is 0 Å². The quantitative estimate of drug-likeness (QED) is 0.656. The Labute approximate surface area is 109 Å². The fourth-order valence-corrected chi connectivity index (χ4v) is 2.35. The number of amides is 1. The lowest BCUT2D eigenvalue weighted by molar-refractivity contribution is -0.0832. The predicted octanol–water partition coefficient (Wildman–Crippen LogP) is 1.63. The van der Waals surface area contributed by atoms with Gasteiger partial charge >= 0.3 is 6.09 Å². The molecule has 1 atom stereocenters. The maximum atomic E-state index is 11.5. The lowest BCUT2D eigenvalue weighted by Gasteiger charge is -2.31. The topological polar surface area (TPSA) is 78.8 Å². The Morgan fingerprint density at radius 2 is 1.89 bits per heavy atom. The number of hydrogen-bond acceptors (Lipinski definition) is 4. The lowest BCUT2D eigenvalue weighted by Crippen LogP contribution is -2.49. The molecule has 1 aliphatic carbocycles. The number of nitrogens with one attached hydrogen (secondary N) is 1. The molecule has 106 valence electrons. The molecule has 0 bridgehead atoms. The molecular weight excluding hydrogens is 234 g/mol. The van der Waals surface area contributed by atoms with E-state index in [4.69, 9.17) is 4.74 Å². The number of hydrogen-bond donors (Lipinski definition) is 3. The SMILES string of the molecule is CC(C)COC(=O)NC(C(O)O)C1CCCCC1. The van der Waals surface area contributed by atoms with Gasteiger partial charge in [-0.25, -0.2) is 4.79 Å². The van der Waals surface area contributed by atoms with Crippen LogP contribution >= 0.6 is 0 Å². The third kappa shape index (κ3) is 5.23. The molecule has 3 N–H and O–H groups in total.